The first-order chi connectivity index (χ1) is 9.56. The van der Waals surface area contributed by atoms with Crippen LogP contribution < -0.4 is 10.6 Å². The standard InChI is InChI=1S/C14H16N2O3S/c1-9-5-6-12(20-9)14(18)15-8-13(17)16-10(2)11-4-3-7-19-11/h3-7,10H,8H2,1-2H3,(H,15,18)(H,16,17). The molecular weight excluding hydrogens is 276 g/mol. The topological polar surface area (TPSA) is 71.3 Å². The molecule has 2 heterocycles. The van der Waals surface area contributed by atoms with Crippen LogP contribution in [-0.4, -0.2) is 18.4 Å². The summed E-state index contributed by atoms with van der Waals surface area (Å²) >= 11 is 1.40. The molecule has 20 heavy (non-hydrogen) atoms. The van der Waals surface area contributed by atoms with Gasteiger partial charge in [-0.05, 0) is 38.1 Å². The minimum Gasteiger partial charge on any atom is -0.467 e. The number of amides is 2. The summed E-state index contributed by atoms with van der Waals surface area (Å²) in [5, 5.41) is 5.34. The third kappa shape index (κ3) is 3.71. The van der Waals surface area contributed by atoms with Crippen molar-refractivity contribution >= 4 is 23.2 Å². The highest BCUT2D eigenvalue weighted by Crippen LogP contribution is 2.14. The van der Waals surface area contributed by atoms with Gasteiger partial charge in [-0.15, -0.1) is 11.3 Å². The fraction of sp³-hybridized carbons (Fsp3) is 0.286. The van der Waals surface area contributed by atoms with Crippen molar-refractivity contribution in [3.8, 4) is 0 Å². The van der Waals surface area contributed by atoms with Crippen molar-refractivity contribution in [3.63, 3.8) is 0 Å². The van der Waals surface area contributed by atoms with Crippen LogP contribution in [-0.2, 0) is 4.79 Å². The molecule has 0 aliphatic heterocycles. The normalized spacial score (nSPS) is 11.9. The molecule has 0 aromatic carbocycles. The summed E-state index contributed by atoms with van der Waals surface area (Å²) in [4.78, 5) is 25.2. The second-order valence-electron chi connectivity index (χ2n) is 4.40. The zero-order valence-electron chi connectivity index (χ0n) is 11.3. The summed E-state index contributed by atoms with van der Waals surface area (Å²) in [6, 6.07) is 6.95. The molecule has 2 aromatic heterocycles. The van der Waals surface area contributed by atoms with Gasteiger partial charge in [-0.3, -0.25) is 9.59 Å². The lowest BCUT2D eigenvalue weighted by molar-refractivity contribution is -0.120. The first-order valence-electron chi connectivity index (χ1n) is 6.23. The van der Waals surface area contributed by atoms with Crippen molar-refractivity contribution < 1.29 is 14.0 Å². The molecule has 2 aromatic rings. The van der Waals surface area contributed by atoms with Crippen LogP contribution in [0, 0.1) is 6.92 Å². The Morgan fingerprint density at radius 3 is 2.75 bits per heavy atom. The number of rotatable bonds is 5. The lowest BCUT2D eigenvalue weighted by atomic mass is 10.2. The van der Waals surface area contributed by atoms with Crippen LogP contribution in [0.3, 0.4) is 0 Å². The van der Waals surface area contributed by atoms with E-state index in [1.807, 2.05) is 19.9 Å². The van der Waals surface area contributed by atoms with E-state index >= 15 is 0 Å². The zero-order chi connectivity index (χ0) is 14.5. The Labute approximate surface area is 121 Å². The maximum Gasteiger partial charge on any atom is 0.261 e. The molecule has 2 amide bonds. The number of nitrogens with one attached hydrogen (secondary N) is 2. The van der Waals surface area contributed by atoms with E-state index in [0.29, 0.717) is 10.6 Å². The van der Waals surface area contributed by atoms with Gasteiger partial charge in [0.25, 0.3) is 5.91 Å². The average Bonchev–Trinajstić information content (AvgIpc) is 3.06. The lowest BCUT2D eigenvalue weighted by Crippen LogP contribution is -2.37. The summed E-state index contributed by atoms with van der Waals surface area (Å²) in [6.45, 7) is 3.70. The van der Waals surface area contributed by atoms with E-state index in [1.165, 1.54) is 11.3 Å². The lowest BCUT2D eigenvalue weighted by Gasteiger charge is -2.11. The van der Waals surface area contributed by atoms with Crippen LogP contribution in [0.15, 0.2) is 34.9 Å². The first kappa shape index (κ1) is 14.3. The Balaban J connectivity index is 1.79. The molecule has 2 rings (SSSR count). The number of hydrogen-bond donors (Lipinski definition) is 2. The minimum absolute atomic E-state index is 0.0547. The number of carbonyl (C=O) groups excluding carboxylic acids is 2. The Morgan fingerprint density at radius 2 is 2.15 bits per heavy atom. The van der Waals surface area contributed by atoms with Crippen LogP contribution in [0.1, 0.15) is 33.3 Å². The second-order valence-corrected chi connectivity index (χ2v) is 5.69. The first-order valence-corrected chi connectivity index (χ1v) is 7.05. The summed E-state index contributed by atoms with van der Waals surface area (Å²) < 4.78 is 5.19. The van der Waals surface area contributed by atoms with Gasteiger partial charge >= 0.3 is 0 Å². The van der Waals surface area contributed by atoms with Crippen molar-refractivity contribution in [3.05, 3.63) is 46.0 Å². The second kappa shape index (κ2) is 6.38. The third-order valence-electron chi connectivity index (χ3n) is 2.72. The van der Waals surface area contributed by atoms with Gasteiger partial charge in [0, 0.05) is 4.88 Å². The molecule has 106 valence electrons. The Bertz CT molecular complexity index is 589. The van der Waals surface area contributed by atoms with Gasteiger partial charge in [-0.1, -0.05) is 0 Å². The molecular formula is C14H16N2O3S. The van der Waals surface area contributed by atoms with E-state index in [9.17, 15) is 9.59 Å². The minimum atomic E-state index is -0.254. The van der Waals surface area contributed by atoms with Gasteiger partial charge in [-0.2, -0.15) is 0 Å². The molecule has 0 saturated carbocycles. The van der Waals surface area contributed by atoms with Crippen LogP contribution in [0.5, 0.6) is 0 Å². The quantitative estimate of drug-likeness (QED) is 0.888. The highest BCUT2D eigenvalue weighted by Gasteiger charge is 2.13. The molecule has 0 aliphatic carbocycles. The van der Waals surface area contributed by atoms with Crippen LogP contribution in [0.4, 0.5) is 0 Å². The summed E-state index contributed by atoms with van der Waals surface area (Å²) in [7, 11) is 0. The smallest absolute Gasteiger partial charge is 0.261 e. The highest BCUT2D eigenvalue weighted by molar-refractivity contribution is 7.13. The van der Waals surface area contributed by atoms with E-state index < -0.39 is 0 Å². The highest BCUT2D eigenvalue weighted by atomic mass is 32.1. The van der Waals surface area contributed by atoms with Gasteiger partial charge in [0.2, 0.25) is 5.91 Å². The Morgan fingerprint density at radius 1 is 1.35 bits per heavy atom. The zero-order valence-corrected chi connectivity index (χ0v) is 12.1. The van der Waals surface area contributed by atoms with E-state index in [2.05, 4.69) is 10.6 Å². The number of carbonyl (C=O) groups is 2. The van der Waals surface area contributed by atoms with Crippen LogP contribution in [0.25, 0.3) is 0 Å². The van der Waals surface area contributed by atoms with Crippen molar-refractivity contribution in [2.24, 2.45) is 0 Å². The van der Waals surface area contributed by atoms with Gasteiger partial charge in [0.05, 0.1) is 23.7 Å². The van der Waals surface area contributed by atoms with Gasteiger partial charge in [-0.25, -0.2) is 0 Å². The fourth-order valence-electron chi connectivity index (χ4n) is 1.71. The van der Waals surface area contributed by atoms with Crippen LogP contribution >= 0.6 is 11.3 Å². The predicted molar refractivity (Wildman–Crippen MR) is 76.7 cm³/mol. The molecule has 2 N–H and O–H groups in total. The van der Waals surface area contributed by atoms with Crippen molar-refractivity contribution in [2.75, 3.05) is 6.54 Å². The number of thiophene rings is 1. The van der Waals surface area contributed by atoms with E-state index in [4.69, 9.17) is 4.42 Å². The van der Waals surface area contributed by atoms with Crippen molar-refractivity contribution in [1.29, 1.82) is 0 Å². The monoisotopic (exact) mass is 292 g/mol. The molecule has 5 nitrogen and oxygen atoms in total. The summed E-state index contributed by atoms with van der Waals surface area (Å²) in [6.07, 6.45) is 1.55. The van der Waals surface area contributed by atoms with E-state index in [-0.39, 0.29) is 24.4 Å². The molecule has 0 fully saturated rings. The maximum atomic E-state index is 11.8. The third-order valence-corrected chi connectivity index (χ3v) is 3.72. The average molecular weight is 292 g/mol. The van der Waals surface area contributed by atoms with Gasteiger partial charge < -0.3 is 15.1 Å². The van der Waals surface area contributed by atoms with Crippen molar-refractivity contribution in [2.45, 2.75) is 19.9 Å². The Hall–Kier alpha value is -2.08. The SMILES string of the molecule is Cc1ccc(C(=O)NCC(=O)NC(C)c2ccco2)s1. The van der Waals surface area contributed by atoms with Gasteiger partial charge in [0.1, 0.15) is 5.76 Å². The number of aryl methyl sites for hydroxylation is 1. The number of furan rings is 1. The van der Waals surface area contributed by atoms with Crippen molar-refractivity contribution in [1.82, 2.24) is 10.6 Å². The fourth-order valence-corrected chi connectivity index (χ4v) is 2.49. The predicted octanol–water partition coefficient (Wildman–Crippen LogP) is 2.26. The van der Waals surface area contributed by atoms with E-state index in [1.54, 1.807) is 24.5 Å². The molecule has 0 spiro atoms. The van der Waals surface area contributed by atoms with Gasteiger partial charge in [0.15, 0.2) is 0 Å². The molecule has 0 saturated heterocycles. The summed E-state index contributed by atoms with van der Waals surface area (Å²) in [5.74, 6) is 0.193. The maximum absolute atomic E-state index is 11.8. The summed E-state index contributed by atoms with van der Waals surface area (Å²) in [5.41, 5.74) is 0. The molecule has 1 unspecified atom stereocenters. The molecule has 6 heteroatoms. The number of hydrogen-bond acceptors (Lipinski definition) is 4. The van der Waals surface area contributed by atoms with E-state index in [0.717, 1.165) is 4.88 Å². The Kier molecular flexibility index (Phi) is 4.57. The molecule has 0 radical (unpaired) electrons. The molecule has 1 atom stereocenters. The molecule has 0 aliphatic rings. The molecule has 0 bridgehead atoms. The van der Waals surface area contributed by atoms with Crippen LogP contribution in [0.2, 0.25) is 0 Å². The largest absolute Gasteiger partial charge is 0.467 e.